The van der Waals surface area contributed by atoms with E-state index in [0.717, 1.165) is 0 Å². The van der Waals surface area contributed by atoms with Crippen LogP contribution in [0.15, 0.2) is 36.5 Å². The molecule has 2 rings (SSSR count). The molecule has 16 heavy (non-hydrogen) atoms. The Morgan fingerprint density at radius 3 is 2.50 bits per heavy atom. The molecule has 1 N–H and O–H groups in total. The van der Waals surface area contributed by atoms with Gasteiger partial charge < -0.3 is 5.32 Å². The van der Waals surface area contributed by atoms with Gasteiger partial charge in [-0.1, -0.05) is 40.9 Å². The standard InChI is InChI=1S/C11H7Cl3N2/c12-7-4-5-10(15-6-7)16-9-3-1-2-8(13)11(9)14/h1-6H,(H,15,16). The van der Waals surface area contributed by atoms with Crippen LogP contribution in [0.3, 0.4) is 0 Å². The summed E-state index contributed by atoms with van der Waals surface area (Å²) >= 11 is 17.7. The van der Waals surface area contributed by atoms with Crippen LogP contribution in [0.1, 0.15) is 0 Å². The molecule has 0 fully saturated rings. The van der Waals surface area contributed by atoms with E-state index in [9.17, 15) is 0 Å². The van der Waals surface area contributed by atoms with Gasteiger partial charge in [0.15, 0.2) is 0 Å². The highest BCUT2D eigenvalue weighted by molar-refractivity contribution is 6.43. The van der Waals surface area contributed by atoms with Gasteiger partial charge in [0.25, 0.3) is 0 Å². The van der Waals surface area contributed by atoms with Crippen LogP contribution in [0, 0.1) is 0 Å². The first-order chi connectivity index (χ1) is 7.66. The zero-order valence-electron chi connectivity index (χ0n) is 8.05. The second-order valence-corrected chi connectivity index (χ2v) is 4.31. The number of aromatic nitrogens is 1. The van der Waals surface area contributed by atoms with E-state index in [1.165, 1.54) is 0 Å². The van der Waals surface area contributed by atoms with Crippen molar-refractivity contribution in [1.29, 1.82) is 0 Å². The predicted octanol–water partition coefficient (Wildman–Crippen LogP) is 4.79. The maximum absolute atomic E-state index is 6.03. The van der Waals surface area contributed by atoms with Crippen molar-refractivity contribution in [2.24, 2.45) is 0 Å². The summed E-state index contributed by atoms with van der Waals surface area (Å²) in [5, 5.41) is 4.61. The highest BCUT2D eigenvalue weighted by atomic mass is 35.5. The van der Waals surface area contributed by atoms with Gasteiger partial charge in [0.05, 0.1) is 20.8 Å². The Kier molecular flexibility index (Phi) is 3.54. The molecule has 1 aromatic heterocycles. The minimum absolute atomic E-state index is 0.473. The predicted molar refractivity (Wildman–Crippen MR) is 69.0 cm³/mol. The molecule has 0 aliphatic heterocycles. The molecule has 0 unspecified atom stereocenters. The van der Waals surface area contributed by atoms with Crippen LogP contribution in [0.5, 0.6) is 0 Å². The zero-order chi connectivity index (χ0) is 11.5. The highest BCUT2D eigenvalue weighted by Crippen LogP contribution is 2.31. The lowest BCUT2D eigenvalue weighted by Gasteiger charge is -2.08. The number of pyridine rings is 1. The van der Waals surface area contributed by atoms with Gasteiger partial charge in [-0.05, 0) is 24.3 Å². The molecule has 5 heteroatoms. The summed E-state index contributed by atoms with van der Waals surface area (Å²) < 4.78 is 0. The van der Waals surface area contributed by atoms with E-state index < -0.39 is 0 Å². The molecule has 0 bridgehead atoms. The number of anilines is 2. The molecular weight excluding hydrogens is 266 g/mol. The van der Waals surface area contributed by atoms with Crippen molar-refractivity contribution in [1.82, 2.24) is 4.98 Å². The quantitative estimate of drug-likeness (QED) is 0.851. The first-order valence-electron chi connectivity index (χ1n) is 4.49. The van der Waals surface area contributed by atoms with E-state index >= 15 is 0 Å². The molecule has 1 heterocycles. The molecule has 82 valence electrons. The van der Waals surface area contributed by atoms with Gasteiger partial charge in [-0.2, -0.15) is 0 Å². The molecule has 0 saturated carbocycles. The largest absolute Gasteiger partial charge is 0.339 e. The molecule has 0 aliphatic carbocycles. The Bertz CT molecular complexity index is 497. The van der Waals surface area contributed by atoms with Crippen LogP contribution >= 0.6 is 34.8 Å². The van der Waals surface area contributed by atoms with Crippen molar-refractivity contribution in [2.75, 3.05) is 5.32 Å². The molecule has 2 aromatic rings. The third-order valence-corrected chi connectivity index (χ3v) is 2.98. The van der Waals surface area contributed by atoms with Crippen LogP contribution < -0.4 is 5.32 Å². The van der Waals surface area contributed by atoms with Gasteiger partial charge in [0.1, 0.15) is 5.82 Å². The van der Waals surface area contributed by atoms with Gasteiger partial charge in [-0.15, -0.1) is 0 Å². The normalized spacial score (nSPS) is 10.2. The molecule has 0 saturated heterocycles. The van der Waals surface area contributed by atoms with E-state index in [2.05, 4.69) is 10.3 Å². The molecule has 2 nitrogen and oxygen atoms in total. The number of rotatable bonds is 2. The van der Waals surface area contributed by atoms with Gasteiger partial charge in [-0.25, -0.2) is 4.98 Å². The number of benzene rings is 1. The summed E-state index contributed by atoms with van der Waals surface area (Å²) in [6.45, 7) is 0. The van der Waals surface area contributed by atoms with Gasteiger partial charge in [0, 0.05) is 6.20 Å². The van der Waals surface area contributed by atoms with Crippen LogP contribution in [0.25, 0.3) is 0 Å². The van der Waals surface area contributed by atoms with Crippen LogP contribution in [0.4, 0.5) is 11.5 Å². The van der Waals surface area contributed by atoms with E-state index in [1.807, 2.05) is 12.1 Å². The van der Waals surface area contributed by atoms with E-state index in [0.29, 0.717) is 26.6 Å². The summed E-state index contributed by atoms with van der Waals surface area (Å²) in [5.74, 6) is 0.661. The van der Waals surface area contributed by atoms with Gasteiger partial charge in [-0.3, -0.25) is 0 Å². The summed E-state index contributed by atoms with van der Waals surface area (Å²) in [6, 6.07) is 8.87. The second kappa shape index (κ2) is 4.91. The maximum Gasteiger partial charge on any atom is 0.130 e. The molecule has 0 atom stereocenters. The fraction of sp³-hybridized carbons (Fsp3) is 0. The average molecular weight is 274 g/mol. The average Bonchev–Trinajstić information content (AvgIpc) is 2.28. The fourth-order valence-electron chi connectivity index (χ4n) is 1.19. The van der Waals surface area contributed by atoms with E-state index in [4.69, 9.17) is 34.8 Å². The molecule has 0 amide bonds. The first-order valence-corrected chi connectivity index (χ1v) is 5.63. The fourth-order valence-corrected chi connectivity index (χ4v) is 1.65. The van der Waals surface area contributed by atoms with E-state index in [-0.39, 0.29) is 0 Å². The second-order valence-electron chi connectivity index (χ2n) is 3.09. The Morgan fingerprint density at radius 2 is 1.81 bits per heavy atom. The van der Waals surface area contributed by atoms with Crippen LogP contribution in [-0.4, -0.2) is 4.98 Å². The molecule has 1 aromatic carbocycles. The van der Waals surface area contributed by atoms with Crippen molar-refractivity contribution in [3.05, 3.63) is 51.6 Å². The maximum atomic E-state index is 6.03. The van der Waals surface area contributed by atoms with Gasteiger partial charge >= 0.3 is 0 Å². The van der Waals surface area contributed by atoms with Gasteiger partial charge in [0.2, 0.25) is 0 Å². The number of hydrogen-bond acceptors (Lipinski definition) is 2. The van der Waals surface area contributed by atoms with Crippen LogP contribution in [0.2, 0.25) is 15.1 Å². The van der Waals surface area contributed by atoms with Crippen molar-refractivity contribution in [2.45, 2.75) is 0 Å². The van der Waals surface area contributed by atoms with Crippen molar-refractivity contribution < 1.29 is 0 Å². The zero-order valence-corrected chi connectivity index (χ0v) is 10.3. The van der Waals surface area contributed by atoms with Crippen LogP contribution in [-0.2, 0) is 0 Å². The van der Waals surface area contributed by atoms with E-state index in [1.54, 1.807) is 24.4 Å². The Morgan fingerprint density at radius 1 is 1.00 bits per heavy atom. The Labute approximate surface area is 108 Å². The molecule has 0 radical (unpaired) electrons. The Balaban J connectivity index is 2.27. The summed E-state index contributed by atoms with van der Waals surface area (Å²) in [5.41, 5.74) is 0.712. The first kappa shape index (κ1) is 11.5. The number of halogens is 3. The number of nitrogens with zero attached hydrogens (tertiary/aromatic N) is 1. The monoisotopic (exact) mass is 272 g/mol. The topological polar surface area (TPSA) is 24.9 Å². The minimum Gasteiger partial charge on any atom is -0.339 e. The lowest BCUT2D eigenvalue weighted by atomic mass is 10.3. The third-order valence-electron chi connectivity index (χ3n) is 1.94. The lowest BCUT2D eigenvalue weighted by Crippen LogP contribution is -1.93. The smallest absolute Gasteiger partial charge is 0.130 e. The summed E-state index contributed by atoms with van der Waals surface area (Å²) in [6.07, 6.45) is 1.56. The molecular formula is C11H7Cl3N2. The SMILES string of the molecule is Clc1ccc(Nc2cccc(Cl)c2Cl)nc1. The van der Waals surface area contributed by atoms with Crippen molar-refractivity contribution in [3.8, 4) is 0 Å². The Hall–Kier alpha value is -0.960. The summed E-state index contributed by atoms with van der Waals surface area (Å²) in [7, 11) is 0. The lowest BCUT2D eigenvalue weighted by molar-refractivity contribution is 1.31. The van der Waals surface area contributed by atoms with Crippen molar-refractivity contribution in [3.63, 3.8) is 0 Å². The minimum atomic E-state index is 0.473. The number of hydrogen-bond donors (Lipinski definition) is 1. The number of nitrogens with one attached hydrogen (secondary N) is 1. The molecule has 0 spiro atoms. The highest BCUT2D eigenvalue weighted by Gasteiger charge is 2.04. The third kappa shape index (κ3) is 2.59. The summed E-state index contributed by atoms with van der Waals surface area (Å²) in [4.78, 5) is 4.10. The van der Waals surface area contributed by atoms with Crippen molar-refractivity contribution >= 4 is 46.3 Å². The molecule has 0 aliphatic rings.